The number of aliphatic hydroxyl groups excluding tert-OH is 1. The summed E-state index contributed by atoms with van der Waals surface area (Å²) in [4.78, 5) is 2.05. The predicted octanol–water partition coefficient (Wildman–Crippen LogP) is 2.18. The molecule has 17 heavy (non-hydrogen) atoms. The van der Waals surface area contributed by atoms with E-state index in [9.17, 15) is 4.39 Å². The van der Waals surface area contributed by atoms with Crippen molar-refractivity contribution in [3.8, 4) is 0 Å². The Balaban J connectivity index is 2.98. The van der Waals surface area contributed by atoms with E-state index in [0.29, 0.717) is 12.2 Å². The molecule has 3 nitrogen and oxygen atoms in total. The van der Waals surface area contributed by atoms with E-state index in [1.54, 1.807) is 13.2 Å². The fourth-order valence-corrected chi connectivity index (χ4v) is 1.97. The molecule has 96 valence electrons. The quantitative estimate of drug-likeness (QED) is 0.828. The van der Waals surface area contributed by atoms with Crippen LogP contribution in [0.1, 0.15) is 19.4 Å². The lowest BCUT2D eigenvalue weighted by Crippen LogP contribution is -2.36. The Morgan fingerprint density at radius 1 is 1.41 bits per heavy atom. The average molecular weight is 241 g/mol. The van der Waals surface area contributed by atoms with Crippen LogP contribution >= 0.6 is 0 Å². The lowest BCUT2D eigenvalue weighted by atomic mass is 10.1. The van der Waals surface area contributed by atoms with Gasteiger partial charge in [0.15, 0.2) is 0 Å². The molecule has 0 amide bonds. The summed E-state index contributed by atoms with van der Waals surface area (Å²) in [6.45, 7) is 5.23. The normalized spacial score (nSPS) is 12.5. The summed E-state index contributed by atoms with van der Waals surface area (Å²) in [5.41, 5.74) is 1.36. The molecule has 0 spiro atoms. The van der Waals surface area contributed by atoms with Crippen LogP contribution in [0.4, 0.5) is 10.1 Å². The van der Waals surface area contributed by atoms with Crippen molar-refractivity contribution in [2.75, 3.05) is 25.2 Å². The van der Waals surface area contributed by atoms with Gasteiger partial charge >= 0.3 is 0 Å². The summed E-state index contributed by atoms with van der Waals surface area (Å²) >= 11 is 0. The van der Waals surface area contributed by atoms with Crippen LogP contribution in [-0.4, -0.2) is 31.4 Å². The Labute approximate surface area is 102 Å². The molecule has 1 unspecified atom stereocenters. The highest BCUT2D eigenvalue weighted by Gasteiger charge is 2.14. The first-order valence-electron chi connectivity index (χ1n) is 5.78. The topological polar surface area (TPSA) is 32.7 Å². The molecule has 1 aromatic rings. The molecule has 0 aromatic heterocycles. The lowest BCUT2D eigenvalue weighted by molar-refractivity contribution is 0.182. The Morgan fingerprint density at radius 3 is 2.65 bits per heavy atom. The van der Waals surface area contributed by atoms with Crippen LogP contribution in [0, 0.1) is 5.82 Å². The Morgan fingerprint density at radius 2 is 2.12 bits per heavy atom. The third-order valence-electron chi connectivity index (χ3n) is 2.74. The highest BCUT2D eigenvalue weighted by atomic mass is 19.1. The van der Waals surface area contributed by atoms with Gasteiger partial charge in [0.05, 0.1) is 13.2 Å². The fraction of sp³-hybridized carbons (Fsp3) is 0.538. The molecule has 0 saturated heterocycles. The number of anilines is 1. The molecule has 1 atom stereocenters. The first kappa shape index (κ1) is 13.9. The van der Waals surface area contributed by atoms with E-state index >= 15 is 0 Å². The van der Waals surface area contributed by atoms with Crippen LogP contribution in [0.5, 0.6) is 0 Å². The molecule has 1 aromatic carbocycles. The van der Waals surface area contributed by atoms with Crippen LogP contribution in [-0.2, 0) is 11.3 Å². The number of halogens is 1. The third kappa shape index (κ3) is 3.68. The maximum absolute atomic E-state index is 13.4. The minimum Gasteiger partial charge on any atom is -0.392 e. The van der Waals surface area contributed by atoms with Gasteiger partial charge in [-0.05, 0) is 37.6 Å². The van der Waals surface area contributed by atoms with Crippen molar-refractivity contribution in [3.05, 3.63) is 29.6 Å². The van der Waals surface area contributed by atoms with E-state index in [-0.39, 0.29) is 18.5 Å². The van der Waals surface area contributed by atoms with Crippen LogP contribution < -0.4 is 4.90 Å². The number of benzene rings is 1. The molecule has 0 fully saturated rings. The summed E-state index contributed by atoms with van der Waals surface area (Å²) in [7, 11) is 1.65. The van der Waals surface area contributed by atoms with E-state index in [1.165, 1.54) is 12.1 Å². The Kier molecular flexibility index (Phi) is 5.38. The van der Waals surface area contributed by atoms with E-state index in [2.05, 4.69) is 0 Å². The van der Waals surface area contributed by atoms with Crippen molar-refractivity contribution >= 4 is 5.69 Å². The summed E-state index contributed by atoms with van der Waals surface area (Å²) < 4.78 is 18.5. The number of methoxy groups -OCH3 is 1. The first-order valence-corrected chi connectivity index (χ1v) is 5.78. The first-order chi connectivity index (χ1) is 8.12. The maximum Gasteiger partial charge on any atom is 0.125 e. The van der Waals surface area contributed by atoms with Gasteiger partial charge in [-0.15, -0.1) is 0 Å². The molecule has 1 rings (SSSR count). The minimum atomic E-state index is -0.324. The highest BCUT2D eigenvalue weighted by molar-refractivity contribution is 5.49. The number of rotatable bonds is 6. The van der Waals surface area contributed by atoms with Crippen molar-refractivity contribution in [1.29, 1.82) is 0 Å². The van der Waals surface area contributed by atoms with E-state index in [4.69, 9.17) is 9.84 Å². The van der Waals surface area contributed by atoms with E-state index in [0.717, 1.165) is 12.2 Å². The van der Waals surface area contributed by atoms with Crippen molar-refractivity contribution in [3.63, 3.8) is 0 Å². The highest BCUT2D eigenvalue weighted by Crippen LogP contribution is 2.21. The Bertz CT molecular complexity index is 357. The second kappa shape index (κ2) is 6.57. The number of ether oxygens (including phenoxy) is 1. The second-order valence-electron chi connectivity index (χ2n) is 4.07. The summed E-state index contributed by atoms with van der Waals surface area (Å²) in [5.74, 6) is -0.324. The number of likely N-dealkylation sites (N-methyl/N-ethyl adjacent to an activating group) is 1. The Hall–Kier alpha value is -1.13. The zero-order chi connectivity index (χ0) is 12.8. The van der Waals surface area contributed by atoms with E-state index in [1.807, 2.05) is 18.7 Å². The van der Waals surface area contributed by atoms with Gasteiger partial charge in [0.2, 0.25) is 0 Å². The monoisotopic (exact) mass is 241 g/mol. The van der Waals surface area contributed by atoms with Gasteiger partial charge in [-0.1, -0.05) is 0 Å². The van der Waals surface area contributed by atoms with Gasteiger partial charge in [-0.2, -0.15) is 0 Å². The van der Waals surface area contributed by atoms with Crippen molar-refractivity contribution in [1.82, 2.24) is 0 Å². The molecule has 1 N–H and O–H groups in total. The number of hydrogen-bond acceptors (Lipinski definition) is 3. The fourth-order valence-electron chi connectivity index (χ4n) is 1.97. The van der Waals surface area contributed by atoms with Crippen molar-refractivity contribution in [2.24, 2.45) is 0 Å². The van der Waals surface area contributed by atoms with Crippen molar-refractivity contribution in [2.45, 2.75) is 26.5 Å². The van der Waals surface area contributed by atoms with Gasteiger partial charge < -0.3 is 14.7 Å². The lowest BCUT2D eigenvalue weighted by Gasteiger charge is -2.30. The van der Waals surface area contributed by atoms with Gasteiger partial charge in [-0.3, -0.25) is 0 Å². The molecule has 0 aliphatic carbocycles. The largest absolute Gasteiger partial charge is 0.392 e. The molecule has 0 radical (unpaired) electrons. The maximum atomic E-state index is 13.4. The zero-order valence-corrected chi connectivity index (χ0v) is 10.6. The summed E-state index contributed by atoms with van der Waals surface area (Å²) in [6.07, 6.45) is 0. The summed E-state index contributed by atoms with van der Waals surface area (Å²) in [5, 5.41) is 9.07. The van der Waals surface area contributed by atoms with Crippen LogP contribution in [0.3, 0.4) is 0 Å². The van der Waals surface area contributed by atoms with Gasteiger partial charge in [-0.25, -0.2) is 4.39 Å². The average Bonchev–Trinajstić information content (AvgIpc) is 2.29. The smallest absolute Gasteiger partial charge is 0.125 e. The van der Waals surface area contributed by atoms with Crippen LogP contribution in [0.15, 0.2) is 18.2 Å². The third-order valence-corrected chi connectivity index (χ3v) is 2.74. The van der Waals surface area contributed by atoms with Crippen LogP contribution in [0.25, 0.3) is 0 Å². The molecule has 0 saturated carbocycles. The molecular weight excluding hydrogens is 221 g/mol. The molecular formula is C13H20FNO2. The van der Waals surface area contributed by atoms with Gasteiger partial charge in [0.1, 0.15) is 5.82 Å². The van der Waals surface area contributed by atoms with Crippen molar-refractivity contribution < 1.29 is 14.2 Å². The molecule has 0 aliphatic rings. The SMILES string of the molecule is CCN(c1cc(F)cc(CO)c1)C(C)COC. The predicted molar refractivity (Wildman–Crippen MR) is 66.7 cm³/mol. The molecule has 0 heterocycles. The minimum absolute atomic E-state index is 0.152. The molecule has 0 aliphatic heterocycles. The number of hydrogen-bond donors (Lipinski definition) is 1. The number of nitrogens with zero attached hydrogens (tertiary/aromatic N) is 1. The van der Waals surface area contributed by atoms with Crippen LogP contribution in [0.2, 0.25) is 0 Å². The van der Waals surface area contributed by atoms with E-state index < -0.39 is 0 Å². The molecule has 0 bridgehead atoms. The standard InChI is InChI=1S/C13H20FNO2/c1-4-15(10(2)9-17-3)13-6-11(8-16)5-12(14)7-13/h5-7,10,16H,4,8-9H2,1-3H3. The number of aliphatic hydroxyl groups is 1. The van der Waals surface area contributed by atoms with Gasteiger partial charge in [0.25, 0.3) is 0 Å². The van der Waals surface area contributed by atoms with Gasteiger partial charge in [0, 0.05) is 25.4 Å². The molecule has 4 heteroatoms. The second-order valence-corrected chi connectivity index (χ2v) is 4.07. The summed E-state index contributed by atoms with van der Waals surface area (Å²) in [6, 6.07) is 4.80. The zero-order valence-electron chi connectivity index (χ0n) is 10.6.